The quantitative estimate of drug-likeness (QED) is 0.597. The topological polar surface area (TPSA) is 90.1 Å². The molecule has 4 aromatic rings. The van der Waals surface area contributed by atoms with Gasteiger partial charge in [0.2, 0.25) is 5.88 Å². The van der Waals surface area contributed by atoms with E-state index in [0.717, 1.165) is 11.1 Å². The van der Waals surface area contributed by atoms with E-state index < -0.39 is 0 Å². The highest BCUT2D eigenvalue weighted by molar-refractivity contribution is 5.83. The third kappa shape index (κ3) is 1.63. The fourth-order valence-electron chi connectivity index (χ4n) is 2.47. The van der Waals surface area contributed by atoms with Crippen LogP contribution >= 0.6 is 0 Å². The Hall–Kier alpha value is -3.16. The molecule has 0 amide bonds. The first-order chi connectivity index (χ1) is 10.7. The number of hydrogen-bond acceptors (Lipinski definition) is 5. The summed E-state index contributed by atoms with van der Waals surface area (Å²) in [7, 11) is 1.54. The van der Waals surface area contributed by atoms with E-state index in [2.05, 4.69) is 20.4 Å². The predicted molar refractivity (Wildman–Crippen MR) is 79.5 cm³/mol. The van der Waals surface area contributed by atoms with E-state index in [4.69, 9.17) is 4.74 Å². The number of nitrogens with zero attached hydrogens (tertiary/aromatic N) is 5. The first-order valence-corrected chi connectivity index (χ1v) is 6.66. The number of hydrogen-bond donors (Lipinski definition) is 1. The minimum atomic E-state index is -0.246. The SMILES string of the molecule is COc1cc2nnc(-n3nc(C)c4ccccc4c3=O)n2[nH]1. The fraction of sp³-hybridized carbons (Fsp3) is 0.143. The molecule has 0 aliphatic carbocycles. The zero-order valence-corrected chi connectivity index (χ0v) is 11.9. The molecule has 0 atom stereocenters. The lowest BCUT2D eigenvalue weighted by Crippen LogP contribution is -2.24. The lowest BCUT2D eigenvalue weighted by atomic mass is 10.1. The molecule has 0 bridgehead atoms. The van der Waals surface area contributed by atoms with Crippen LogP contribution < -0.4 is 10.3 Å². The third-order valence-electron chi connectivity index (χ3n) is 3.55. The van der Waals surface area contributed by atoms with Gasteiger partial charge in [0.1, 0.15) is 0 Å². The molecule has 4 rings (SSSR count). The molecule has 0 radical (unpaired) electrons. The van der Waals surface area contributed by atoms with Gasteiger partial charge in [-0.3, -0.25) is 9.89 Å². The molecule has 0 saturated heterocycles. The molecule has 0 fully saturated rings. The van der Waals surface area contributed by atoms with Crippen molar-refractivity contribution in [2.45, 2.75) is 6.92 Å². The molecule has 0 unspecified atom stereocenters. The molecular weight excluding hydrogens is 284 g/mol. The Morgan fingerprint density at radius 1 is 1.18 bits per heavy atom. The molecule has 3 heterocycles. The number of ether oxygens (including phenoxy) is 1. The number of methoxy groups -OCH3 is 1. The maximum absolute atomic E-state index is 12.7. The van der Waals surface area contributed by atoms with Crippen LogP contribution in [0.2, 0.25) is 0 Å². The molecule has 0 saturated carbocycles. The first kappa shape index (κ1) is 12.6. The molecule has 1 aromatic carbocycles. The van der Waals surface area contributed by atoms with E-state index in [1.54, 1.807) is 23.8 Å². The summed E-state index contributed by atoms with van der Waals surface area (Å²) in [5, 5.41) is 16.8. The number of aromatic amines is 1. The molecule has 1 N–H and O–H groups in total. The van der Waals surface area contributed by atoms with Crippen molar-refractivity contribution in [2.24, 2.45) is 0 Å². The van der Waals surface area contributed by atoms with Crippen LogP contribution in [-0.4, -0.2) is 36.7 Å². The second kappa shape index (κ2) is 4.42. The van der Waals surface area contributed by atoms with E-state index in [-0.39, 0.29) is 11.5 Å². The minimum Gasteiger partial charge on any atom is -0.481 e. The first-order valence-electron chi connectivity index (χ1n) is 6.66. The summed E-state index contributed by atoms with van der Waals surface area (Å²) in [5.41, 5.74) is 1.04. The monoisotopic (exact) mass is 296 g/mol. The molecular formula is C14H12N6O2. The summed E-state index contributed by atoms with van der Waals surface area (Å²) in [6, 6.07) is 9.04. The summed E-state index contributed by atoms with van der Waals surface area (Å²) in [5.74, 6) is 0.814. The van der Waals surface area contributed by atoms with Crippen LogP contribution in [-0.2, 0) is 0 Å². The van der Waals surface area contributed by atoms with Gasteiger partial charge < -0.3 is 4.74 Å². The minimum absolute atomic E-state index is 0.246. The number of benzene rings is 1. The van der Waals surface area contributed by atoms with Crippen molar-refractivity contribution < 1.29 is 4.74 Å². The van der Waals surface area contributed by atoms with Crippen LogP contribution in [0.5, 0.6) is 5.88 Å². The Bertz CT molecular complexity index is 1060. The van der Waals surface area contributed by atoms with Gasteiger partial charge in [0.15, 0.2) is 5.65 Å². The van der Waals surface area contributed by atoms with E-state index in [0.29, 0.717) is 16.9 Å². The molecule has 8 nitrogen and oxygen atoms in total. The number of aromatic nitrogens is 6. The van der Waals surface area contributed by atoms with E-state index in [1.165, 1.54) is 4.68 Å². The standard InChI is InChI=1S/C14H12N6O2/c1-8-9-5-3-4-6-10(9)13(21)20(17-8)14-16-15-11-7-12(22-2)18-19(11)14/h3-7,18H,1-2H3. The smallest absolute Gasteiger partial charge is 0.282 e. The Kier molecular flexibility index (Phi) is 2.52. The van der Waals surface area contributed by atoms with Crippen molar-refractivity contribution in [3.05, 3.63) is 46.4 Å². The van der Waals surface area contributed by atoms with Crippen molar-refractivity contribution in [3.63, 3.8) is 0 Å². The Balaban J connectivity index is 2.06. The Morgan fingerprint density at radius 2 is 1.95 bits per heavy atom. The molecule has 0 aliphatic rings. The number of H-pyrrole nitrogens is 1. The third-order valence-corrected chi connectivity index (χ3v) is 3.55. The van der Waals surface area contributed by atoms with E-state index >= 15 is 0 Å². The Morgan fingerprint density at radius 3 is 2.73 bits per heavy atom. The van der Waals surface area contributed by atoms with Gasteiger partial charge in [-0.05, 0) is 13.0 Å². The summed E-state index contributed by atoms with van der Waals surface area (Å²) in [6.45, 7) is 1.85. The maximum Gasteiger partial charge on any atom is 0.282 e. The highest BCUT2D eigenvalue weighted by Crippen LogP contribution is 2.16. The average Bonchev–Trinajstić information content (AvgIpc) is 3.11. The zero-order chi connectivity index (χ0) is 15.3. The summed E-state index contributed by atoms with van der Waals surface area (Å²) >= 11 is 0. The second-order valence-electron chi connectivity index (χ2n) is 4.87. The van der Waals surface area contributed by atoms with Crippen LogP contribution in [0.25, 0.3) is 22.4 Å². The highest BCUT2D eigenvalue weighted by Gasteiger charge is 2.16. The molecule has 3 aromatic heterocycles. The maximum atomic E-state index is 12.7. The largest absolute Gasteiger partial charge is 0.481 e. The van der Waals surface area contributed by atoms with E-state index in [9.17, 15) is 4.79 Å². The van der Waals surface area contributed by atoms with Crippen molar-refractivity contribution in [1.82, 2.24) is 29.6 Å². The van der Waals surface area contributed by atoms with Gasteiger partial charge in [-0.25, -0.2) is 0 Å². The van der Waals surface area contributed by atoms with Gasteiger partial charge in [-0.1, -0.05) is 18.2 Å². The van der Waals surface area contributed by atoms with Crippen LogP contribution in [0, 0.1) is 6.92 Å². The summed E-state index contributed by atoms with van der Waals surface area (Å²) in [4.78, 5) is 12.7. The van der Waals surface area contributed by atoms with E-state index in [1.807, 2.05) is 25.1 Å². The summed E-state index contributed by atoms with van der Waals surface area (Å²) in [6.07, 6.45) is 0. The number of aryl methyl sites for hydroxylation is 1. The Labute approximate surface area is 123 Å². The fourth-order valence-corrected chi connectivity index (χ4v) is 2.47. The molecule has 22 heavy (non-hydrogen) atoms. The van der Waals surface area contributed by atoms with Gasteiger partial charge in [0.25, 0.3) is 11.5 Å². The predicted octanol–water partition coefficient (Wildman–Crippen LogP) is 1.07. The lowest BCUT2D eigenvalue weighted by Gasteiger charge is -2.06. The summed E-state index contributed by atoms with van der Waals surface area (Å²) < 4.78 is 7.92. The van der Waals surface area contributed by atoms with Gasteiger partial charge in [0.05, 0.1) is 18.2 Å². The van der Waals surface area contributed by atoms with Gasteiger partial charge in [-0.2, -0.15) is 14.3 Å². The van der Waals surface area contributed by atoms with Crippen molar-refractivity contribution in [1.29, 1.82) is 0 Å². The number of nitrogens with one attached hydrogen (secondary N) is 1. The van der Waals surface area contributed by atoms with Crippen LogP contribution in [0.1, 0.15) is 5.69 Å². The van der Waals surface area contributed by atoms with Crippen LogP contribution in [0.3, 0.4) is 0 Å². The van der Waals surface area contributed by atoms with Crippen LogP contribution in [0.4, 0.5) is 0 Å². The molecule has 0 aliphatic heterocycles. The van der Waals surface area contributed by atoms with Gasteiger partial charge in [0, 0.05) is 11.5 Å². The van der Waals surface area contributed by atoms with Crippen molar-refractivity contribution in [2.75, 3.05) is 7.11 Å². The van der Waals surface area contributed by atoms with Gasteiger partial charge in [-0.15, -0.1) is 10.2 Å². The molecule has 110 valence electrons. The van der Waals surface area contributed by atoms with Crippen LogP contribution in [0.15, 0.2) is 35.1 Å². The van der Waals surface area contributed by atoms with Crippen molar-refractivity contribution in [3.8, 4) is 11.8 Å². The highest BCUT2D eigenvalue weighted by atomic mass is 16.5. The number of rotatable bonds is 2. The average molecular weight is 296 g/mol. The zero-order valence-electron chi connectivity index (χ0n) is 11.9. The van der Waals surface area contributed by atoms with Crippen molar-refractivity contribution >= 4 is 16.4 Å². The van der Waals surface area contributed by atoms with Gasteiger partial charge >= 0.3 is 0 Å². The molecule has 0 spiro atoms. The number of fused-ring (bicyclic) bond motifs is 2. The normalized spacial score (nSPS) is 11.4. The molecule has 8 heteroatoms. The lowest BCUT2D eigenvalue weighted by molar-refractivity contribution is 0.394. The second-order valence-corrected chi connectivity index (χ2v) is 4.87.